The van der Waals surface area contributed by atoms with E-state index in [1.165, 1.54) is 0 Å². The van der Waals surface area contributed by atoms with E-state index >= 15 is 0 Å². The molecule has 0 N–H and O–H groups in total. The molecule has 0 aliphatic heterocycles. The molecule has 0 aromatic heterocycles. The Morgan fingerprint density at radius 2 is 1.00 bits per heavy atom. The van der Waals surface area contributed by atoms with Gasteiger partial charge in [0.05, 0.1) is 0 Å². The summed E-state index contributed by atoms with van der Waals surface area (Å²) in [6, 6.07) is 15.2. The van der Waals surface area contributed by atoms with E-state index in [-0.39, 0.29) is 0 Å². The molecule has 2 rings (SSSR count). The molecule has 2 aromatic rings. The van der Waals surface area contributed by atoms with E-state index in [2.05, 4.69) is 0 Å². The summed E-state index contributed by atoms with van der Waals surface area (Å²) in [5.74, 6) is 0. The molecule has 0 saturated heterocycles. The zero-order valence-corrected chi connectivity index (χ0v) is 15.7. The van der Waals surface area contributed by atoms with E-state index < -0.39 is 18.6 Å². The van der Waals surface area contributed by atoms with Crippen LogP contribution >= 0.6 is 40.4 Å². The zero-order valence-electron chi connectivity index (χ0n) is 9.13. The number of hydrogen-bond donors (Lipinski definition) is 0. The number of benzene rings is 2. The predicted octanol–water partition coefficient (Wildman–Crippen LogP) is 5.49. The zero-order chi connectivity index (χ0) is 13.1. The van der Waals surface area contributed by atoms with E-state index in [0.29, 0.717) is 10.0 Å². The van der Waals surface area contributed by atoms with Crippen LogP contribution in [0.1, 0.15) is 11.1 Å². The van der Waals surface area contributed by atoms with Crippen molar-refractivity contribution in [1.82, 2.24) is 0 Å². The van der Waals surface area contributed by atoms with Gasteiger partial charge in [0.1, 0.15) is 0 Å². The summed E-state index contributed by atoms with van der Waals surface area (Å²) in [7, 11) is 12.5. The maximum absolute atomic E-state index is 6.27. The van der Waals surface area contributed by atoms with E-state index in [0.717, 1.165) is 14.4 Å². The Hall–Kier alpha value is 0.340. The SMILES string of the molecule is Clc1ccc([C](c2ccc(Cl)cc2)=[Hf]([Cl])[Cl])cc1. The van der Waals surface area contributed by atoms with Crippen molar-refractivity contribution < 1.29 is 18.6 Å². The summed E-state index contributed by atoms with van der Waals surface area (Å²) < 4.78 is 1.05. The van der Waals surface area contributed by atoms with E-state index in [1.54, 1.807) is 0 Å². The third-order valence-electron chi connectivity index (χ3n) is 2.45. The van der Waals surface area contributed by atoms with Crippen LogP contribution in [-0.2, 0) is 18.6 Å². The second-order valence-corrected chi connectivity index (χ2v) is 16.0. The van der Waals surface area contributed by atoms with Crippen molar-refractivity contribution in [2.45, 2.75) is 0 Å². The van der Waals surface area contributed by atoms with Crippen molar-refractivity contribution in [3.63, 3.8) is 0 Å². The topological polar surface area (TPSA) is 0 Å². The van der Waals surface area contributed by atoms with Crippen LogP contribution in [0.3, 0.4) is 0 Å². The maximum atomic E-state index is 6.27. The first-order chi connectivity index (χ1) is 8.58. The van der Waals surface area contributed by atoms with Gasteiger partial charge in [0.2, 0.25) is 0 Å². The van der Waals surface area contributed by atoms with Crippen molar-refractivity contribution in [2.24, 2.45) is 0 Å². The third-order valence-corrected chi connectivity index (χ3v) is 9.48. The number of hydrogen-bond acceptors (Lipinski definition) is 0. The first-order valence-electron chi connectivity index (χ1n) is 5.15. The molecule has 0 spiro atoms. The van der Waals surface area contributed by atoms with Crippen molar-refractivity contribution in [1.29, 1.82) is 0 Å². The molecule has 18 heavy (non-hydrogen) atoms. The van der Waals surface area contributed by atoms with Gasteiger partial charge in [0.25, 0.3) is 0 Å². The molecule has 0 heterocycles. The van der Waals surface area contributed by atoms with Crippen LogP contribution in [0.2, 0.25) is 10.0 Å². The monoisotopic (exact) mass is 484 g/mol. The molecular formula is C13H8Cl4Hf. The first kappa shape index (κ1) is 14.7. The summed E-state index contributed by atoms with van der Waals surface area (Å²) in [6.07, 6.45) is 0. The molecule has 0 saturated carbocycles. The Labute approximate surface area is 131 Å². The molecule has 5 heteroatoms. The Balaban J connectivity index is 2.51. The summed E-state index contributed by atoms with van der Waals surface area (Å²) in [5, 5.41) is 1.40. The van der Waals surface area contributed by atoms with E-state index in [4.69, 9.17) is 40.4 Å². The average molecular weight is 485 g/mol. The summed E-state index contributed by atoms with van der Waals surface area (Å²) >= 11 is 9.05. The van der Waals surface area contributed by atoms with Gasteiger partial charge in [-0.2, -0.15) is 0 Å². The fourth-order valence-corrected chi connectivity index (χ4v) is 8.21. The molecule has 0 aliphatic carbocycles. The van der Waals surface area contributed by atoms with Gasteiger partial charge < -0.3 is 0 Å². The van der Waals surface area contributed by atoms with Crippen LogP contribution in [0.4, 0.5) is 0 Å². The van der Waals surface area contributed by atoms with Crippen LogP contribution < -0.4 is 0 Å². The standard InChI is InChI=1S/C13H8Cl2.2ClH.Hf/c14-12-5-1-10(2-6-12)9-11-3-7-13(15)8-4-11;;;/h1-8H;2*1H;/q;;;+2/p-2. The molecule has 92 valence electrons. The van der Waals surface area contributed by atoms with Crippen LogP contribution in [-0.4, -0.2) is 3.26 Å². The quantitative estimate of drug-likeness (QED) is 0.495. The fourth-order valence-electron chi connectivity index (χ4n) is 1.62. The molecular weight excluding hydrogens is 476 g/mol. The number of halogens is 4. The molecule has 0 unspecified atom stereocenters. The van der Waals surface area contributed by atoms with Crippen LogP contribution in [0.15, 0.2) is 48.5 Å². The Kier molecular flexibility index (Phi) is 5.47. The Morgan fingerprint density at radius 1 is 0.667 bits per heavy atom. The minimum atomic E-state index is -2.73. The van der Waals surface area contributed by atoms with Crippen LogP contribution in [0.5, 0.6) is 0 Å². The summed E-state index contributed by atoms with van der Waals surface area (Å²) in [5.41, 5.74) is 2.07. The first-order valence-corrected chi connectivity index (χ1v) is 16.6. The molecule has 0 fully saturated rings. The average Bonchev–Trinajstić information content (AvgIpc) is 2.34. The van der Waals surface area contributed by atoms with Gasteiger partial charge in [-0.1, -0.05) is 0 Å². The second-order valence-electron chi connectivity index (χ2n) is 3.65. The summed E-state index contributed by atoms with van der Waals surface area (Å²) in [4.78, 5) is 0. The second kappa shape index (κ2) is 6.67. The molecule has 0 bridgehead atoms. The van der Waals surface area contributed by atoms with E-state index in [9.17, 15) is 0 Å². The van der Waals surface area contributed by atoms with Gasteiger partial charge in [-0.3, -0.25) is 0 Å². The van der Waals surface area contributed by atoms with Gasteiger partial charge in [0.15, 0.2) is 0 Å². The Bertz CT molecular complexity index is 521. The van der Waals surface area contributed by atoms with E-state index in [1.807, 2.05) is 48.5 Å². The van der Waals surface area contributed by atoms with Crippen LogP contribution in [0, 0.1) is 0 Å². The van der Waals surface area contributed by atoms with Gasteiger partial charge in [-0.25, -0.2) is 0 Å². The van der Waals surface area contributed by atoms with Crippen molar-refractivity contribution in [2.75, 3.05) is 0 Å². The van der Waals surface area contributed by atoms with Gasteiger partial charge in [0, 0.05) is 0 Å². The number of rotatable bonds is 2. The fraction of sp³-hybridized carbons (Fsp3) is 0. The molecule has 0 nitrogen and oxygen atoms in total. The molecule has 0 aliphatic rings. The Morgan fingerprint density at radius 3 is 1.28 bits per heavy atom. The van der Waals surface area contributed by atoms with Gasteiger partial charge in [-0.15, -0.1) is 0 Å². The van der Waals surface area contributed by atoms with Gasteiger partial charge in [-0.05, 0) is 0 Å². The molecule has 2 aromatic carbocycles. The summed E-state index contributed by atoms with van der Waals surface area (Å²) in [6.45, 7) is 0. The predicted molar refractivity (Wildman–Crippen MR) is 77.8 cm³/mol. The molecule has 0 radical (unpaired) electrons. The van der Waals surface area contributed by atoms with Crippen molar-refractivity contribution in [3.05, 3.63) is 69.7 Å². The molecule has 0 atom stereocenters. The normalized spacial score (nSPS) is 10.2. The van der Waals surface area contributed by atoms with Crippen molar-refractivity contribution in [3.8, 4) is 0 Å². The molecule has 0 amide bonds. The van der Waals surface area contributed by atoms with Crippen LogP contribution in [0.25, 0.3) is 0 Å². The third kappa shape index (κ3) is 3.68. The minimum absolute atomic E-state index is 0.699. The van der Waals surface area contributed by atoms with Gasteiger partial charge >= 0.3 is 132 Å². The van der Waals surface area contributed by atoms with Crippen molar-refractivity contribution >= 4 is 43.6 Å².